The summed E-state index contributed by atoms with van der Waals surface area (Å²) < 4.78 is 0. The van der Waals surface area contributed by atoms with Crippen LogP contribution in [0.5, 0.6) is 0 Å². The molecule has 0 aliphatic rings. The number of hydrogen-bond acceptors (Lipinski definition) is 3. The minimum absolute atomic E-state index is 0.00808. The number of carbonyl (C=O) groups excluding carboxylic acids is 2. The van der Waals surface area contributed by atoms with Gasteiger partial charge in [0.25, 0.3) is 0 Å². The standard InChI is InChI=1S/C20H25N3O2/c1-15-9-5-7-11-17(15)23(18-12-8-6-10-16(18)21)20(25)14-4-2-3-13-19(22)24/h5-12H,2-4,13-14,21H2,1H3,(H2,22,24). The molecule has 2 aromatic rings. The van der Waals surface area contributed by atoms with Gasteiger partial charge in [-0.3, -0.25) is 14.5 Å². The van der Waals surface area contributed by atoms with Gasteiger partial charge < -0.3 is 11.5 Å². The van der Waals surface area contributed by atoms with Gasteiger partial charge in [0.2, 0.25) is 11.8 Å². The van der Waals surface area contributed by atoms with Gasteiger partial charge >= 0.3 is 0 Å². The van der Waals surface area contributed by atoms with Crippen molar-refractivity contribution in [2.75, 3.05) is 10.6 Å². The Kier molecular flexibility index (Phi) is 6.57. The molecule has 132 valence electrons. The number of rotatable bonds is 8. The minimum atomic E-state index is -0.301. The zero-order chi connectivity index (χ0) is 18.2. The fourth-order valence-electron chi connectivity index (χ4n) is 2.77. The van der Waals surface area contributed by atoms with Gasteiger partial charge in [0.15, 0.2) is 0 Å². The topological polar surface area (TPSA) is 89.4 Å². The van der Waals surface area contributed by atoms with E-state index in [2.05, 4.69) is 0 Å². The van der Waals surface area contributed by atoms with Gasteiger partial charge in [0, 0.05) is 12.8 Å². The van der Waals surface area contributed by atoms with Crippen LogP contribution in [0, 0.1) is 6.92 Å². The molecule has 0 unspecified atom stereocenters. The maximum absolute atomic E-state index is 12.9. The lowest BCUT2D eigenvalue weighted by Gasteiger charge is -2.26. The van der Waals surface area contributed by atoms with Gasteiger partial charge in [0.1, 0.15) is 0 Å². The fourth-order valence-corrected chi connectivity index (χ4v) is 2.77. The summed E-state index contributed by atoms with van der Waals surface area (Å²) in [6.45, 7) is 1.97. The average Bonchev–Trinajstić information content (AvgIpc) is 2.58. The van der Waals surface area contributed by atoms with Crippen molar-refractivity contribution in [3.63, 3.8) is 0 Å². The highest BCUT2D eigenvalue weighted by Crippen LogP contribution is 2.33. The quantitative estimate of drug-likeness (QED) is 0.568. The van der Waals surface area contributed by atoms with Crippen molar-refractivity contribution in [1.82, 2.24) is 0 Å². The van der Waals surface area contributed by atoms with Crippen molar-refractivity contribution in [2.24, 2.45) is 5.73 Å². The minimum Gasteiger partial charge on any atom is -0.397 e. The maximum atomic E-state index is 12.9. The number of benzene rings is 2. The average molecular weight is 339 g/mol. The Bertz CT molecular complexity index is 698. The molecule has 5 nitrogen and oxygen atoms in total. The predicted octanol–water partition coefficient (Wildman–Crippen LogP) is 3.68. The van der Waals surface area contributed by atoms with Gasteiger partial charge in [-0.15, -0.1) is 0 Å². The molecular weight excluding hydrogens is 314 g/mol. The van der Waals surface area contributed by atoms with E-state index in [-0.39, 0.29) is 11.8 Å². The molecule has 2 amide bonds. The first-order chi connectivity index (χ1) is 12.0. The number of hydrogen-bond donors (Lipinski definition) is 2. The number of primary amides is 1. The summed E-state index contributed by atoms with van der Waals surface area (Å²) in [5, 5.41) is 0. The first kappa shape index (κ1) is 18.5. The number of carbonyl (C=O) groups is 2. The summed E-state index contributed by atoms with van der Waals surface area (Å²) >= 11 is 0. The van der Waals surface area contributed by atoms with Crippen LogP contribution in [-0.4, -0.2) is 11.8 Å². The van der Waals surface area contributed by atoms with Crippen LogP contribution in [0.1, 0.15) is 37.7 Å². The number of nitrogens with two attached hydrogens (primary N) is 2. The van der Waals surface area contributed by atoms with E-state index in [9.17, 15) is 9.59 Å². The third-order valence-corrected chi connectivity index (χ3v) is 4.10. The summed E-state index contributed by atoms with van der Waals surface area (Å²) in [6, 6.07) is 15.1. The van der Waals surface area contributed by atoms with E-state index < -0.39 is 0 Å². The van der Waals surface area contributed by atoms with E-state index in [0.29, 0.717) is 37.1 Å². The molecule has 0 bridgehead atoms. The number of nitrogen functional groups attached to an aromatic ring is 1. The Hall–Kier alpha value is -2.82. The smallest absolute Gasteiger partial charge is 0.231 e. The molecule has 0 radical (unpaired) electrons. The molecule has 0 fully saturated rings. The lowest BCUT2D eigenvalue weighted by molar-refractivity contribution is -0.118. The first-order valence-electron chi connectivity index (χ1n) is 8.52. The molecule has 0 heterocycles. The van der Waals surface area contributed by atoms with Crippen LogP contribution in [0.25, 0.3) is 0 Å². The molecule has 0 aromatic heterocycles. The zero-order valence-electron chi connectivity index (χ0n) is 14.6. The SMILES string of the molecule is Cc1ccccc1N(C(=O)CCCCCC(N)=O)c1ccccc1N. The van der Waals surface area contributed by atoms with Crippen LogP contribution in [0.2, 0.25) is 0 Å². The van der Waals surface area contributed by atoms with Gasteiger partial charge in [-0.05, 0) is 43.5 Å². The van der Waals surface area contributed by atoms with Crippen molar-refractivity contribution < 1.29 is 9.59 Å². The summed E-state index contributed by atoms with van der Waals surface area (Å²) in [5.41, 5.74) is 14.4. The van der Waals surface area contributed by atoms with Crippen LogP contribution in [0.3, 0.4) is 0 Å². The van der Waals surface area contributed by atoms with Gasteiger partial charge in [0.05, 0.1) is 17.1 Å². The van der Waals surface area contributed by atoms with Crippen LogP contribution in [0.15, 0.2) is 48.5 Å². The first-order valence-corrected chi connectivity index (χ1v) is 8.52. The van der Waals surface area contributed by atoms with Crippen LogP contribution in [0.4, 0.5) is 17.1 Å². The van der Waals surface area contributed by atoms with Crippen LogP contribution in [-0.2, 0) is 9.59 Å². The molecular formula is C20H25N3O2. The van der Waals surface area contributed by atoms with Gasteiger partial charge in [-0.2, -0.15) is 0 Å². The van der Waals surface area contributed by atoms with Crippen LogP contribution < -0.4 is 16.4 Å². The second-order valence-electron chi connectivity index (χ2n) is 6.10. The van der Waals surface area contributed by atoms with E-state index in [0.717, 1.165) is 17.7 Å². The molecule has 25 heavy (non-hydrogen) atoms. The lowest BCUT2D eigenvalue weighted by Crippen LogP contribution is -2.27. The second-order valence-corrected chi connectivity index (χ2v) is 6.10. The second kappa shape index (κ2) is 8.87. The lowest BCUT2D eigenvalue weighted by atomic mass is 10.1. The van der Waals surface area contributed by atoms with Crippen molar-refractivity contribution in [3.05, 3.63) is 54.1 Å². The molecule has 0 atom stereocenters. The summed E-state index contributed by atoms with van der Waals surface area (Å²) in [5.74, 6) is -0.309. The molecule has 0 aliphatic carbocycles. The molecule has 5 heteroatoms. The Balaban J connectivity index is 2.18. The van der Waals surface area contributed by atoms with E-state index >= 15 is 0 Å². The molecule has 2 aromatic carbocycles. The fraction of sp³-hybridized carbons (Fsp3) is 0.300. The number of amides is 2. The number of anilines is 3. The van der Waals surface area contributed by atoms with E-state index in [4.69, 9.17) is 11.5 Å². The maximum Gasteiger partial charge on any atom is 0.231 e. The highest BCUT2D eigenvalue weighted by Gasteiger charge is 2.20. The number of aryl methyl sites for hydroxylation is 1. The van der Waals surface area contributed by atoms with Gasteiger partial charge in [-0.25, -0.2) is 0 Å². The third-order valence-electron chi connectivity index (χ3n) is 4.10. The van der Waals surface area contributed by atoms with E-state index in [1.807, 2.05) is 49.4 Å². The summed E-state index contributed by atoms with van der Waals surface area (Å²) in [4.78, 5) is 25.4. The molecule has 4 N–H and O–H groups in total. The largest absolute Gasteiger partial charge is 0.397 e. The monoisotopic (exact) mass is 339 g/mol. The van der Waals surface area contributed by atoms with Crippen LogP contribution >= 0.6 is 0 Å². The van der Waals surface area contributed by atoms with E-state index in [1.54, 1.807) is 11.0 Å². The summed E-state index contributed by atoms with van der Waals surface area (Å²) in [7, 11) is 0. The Labute approximate surface area is 148 Å². The highest BCUT2D eigenvalue weighted by molar-refractivity contribution is 6.03. The zero-order valence-corrected chi connectivity index (χ0v) is 14.6. The molecule has 0 saturated carbocycles. The Morgan fingerprint density at radius 1 is 0.880 bits per heavy atom. The van der Waals surface area contributed by atoms with E-state index in [1.165, 1.54) is 0 Å². The third kappa shape index (κ3) is 5.08. The number of para-hydroxylation sites is 3. The molecule has 0 saturated heterocycles. The summed E-state index contributed by atoms with van der Waals surface area (Å²) in [6.07, 6.45) is 2.96. The van der Waals surface area contributed by atoms with Gasteiger partial charge in [-0.1, -0.05) is 36.8 Å². The van der Waals surface area contributed by atoms with Crippen molar-refractivity contribution in [2.45, 2.75) is 39.0 Å². The number of unbranched alkanes of at least 4 members (excludes halogenated alkanes) is 2. The van der Waals surface area contributed by atoms with Crippen molar-refractivity contribution >= 4 is 28.9 Å². The Morgan fingerprint density at radius 2 is 1.48 bits per heavy atom. The molecule has 0 spiro atoms. The predicted molar refractivity (Wildman–Crippen MR) is 101 cm³/mol. The number of nitrogens with zero attached hydrogens (tertiary/aromatic N) is 1. The normalized spacial score (nSPS) is 10.4. The molecule has 0 aliphatic heterocycles. The van der Waals surface area contributed by atoms with Crippen molar-refractivity contribution in [3.8, 4) is 0 Å². The van der Waals surface area contributed by atoms with Crippen molar-refractivity contribution in [1.29, 1.82) is 0 Å². The molecule has 2 rings (SSSR count). The Morgan fingerprint density at radius 3 is 2.12 bits per heavy atom. The highest BCUT2D eigenvalue weighted by atomic mass is 16.2.